The van der Waals surface area contributed by atoms with E-state index in [1.165, 1.54) is 5.57 Å². The fourth-order valence-electron chi connectivity index (χ4n) is 0.521. The quantitative estimate of drug-likeness (QED) is 0.491. The number of hydrogen-bond acceptors (Lipinski definition) is 1. The maximum absolute atomic E-state index is 8.45. The minimum atomic E-state index is 0.504. The van der Waals surface area contributed by atoms with Crippen LogP contribution in [-0.4, -0.2) is 0 Å². The Bertz CT molecular complexity index is 158. The van der Waals surface area contributed by atoms with Crippen LogP contribution < -0.4 is 0 Å². The molecule has 0 aliphatic carbocycles. The Morgan fingerprint density at radius 3 is 1.89 bits per heavy atom. The highest BCUT2D eigenvalue weighted by Gasteiger charge is 1.98. The summed E-state index contributed by atoms with van der Waals surface area (Å²) in [6.45, 7) is 8.05. The first kappa shape index (κ1) is 8.23. The fraction of sp³-hybridized carbons (Fsp3) is 0.625. The number of allylic oxidation sites excluding steroid dienone is 2. The molecule has 0 radical (unpaired) electrons. The molecule has 0 bridgehead atoms. The third kappa shape index (κ3) is 2.32. The van der Waals surface area contributed by atoms with Crippen molar-refractivity contribution in [2.75, 3.05) is 0 Å². The lowest BCUT2D eigenvalue weighted by atomic mass is 10.0. The second-order valence-corrected chi connectivity index (χ2v) is 2.57. The van der Waals surface area contributed by atoms with Crippen molar-refractivity contribution in [2.45, 2.75) is 27.7 Å². The van der Waals surface area contributed by atoms with E-state index < -0.39 is 0 Å². The van der Waals surface area contributed by atoms with Gasteiger partial charge in [0, 0.05) is 5.57 Å². The maximum Gasteiger partial charge on any atom is 0.0943 e. The van der Waals surface area contributed by atoms with E-state index >= 15 is 0 Å². The molecular formula is C8H13N. The van der Waals surface area contributed by atoms with Gasteiger partial charge in [-0.25, -0.2) is 0 Å². The first-order valence-electron chi connectivity index (χ1n) is 3.17. The van der Waals surface area contributed by atoms with Gasteiger partial charge in [0.1, 0.15) is 0 Å². The molecule has 0 aromatic carbocycles. The lowest BCUT2D eigenvalue weighted by Gasteiger charge is -2.03. The van der Waals surface area contributed by atoms with Gasteiger partial charge in [0.15, 0.2) is 0 Å². The summed E-state index contributed by atoms with van der Waals surface area (Å²) in [7, 11) is 0. The molecule has 0 spiro atoms. The summed E-state index contributed by atoms with van der Waals surface area (Å²) < 4.78 is 0. The maximum atomic E-state index is 8.45. The molecule has 0 aromatic rings. The Hall–Kier alpha value is -0.770. The van der Waals surface area contributed by atoms with E-state index in [4.69, 9.17) is 5.26 Å². The SMILES string of the molecule is CC(C#N)=C(C)C(C)C. The lowest BCUT2D eigenvalue weighted by molar-refractivity contribution is 0.761. The molecule has 0 rings (SSSR count). The monoisotopic (exact) mass is 123 g/mol. The van der Waals surface area contributed by atoms with Crippen LogP contribution in [-0.2, 0) is 0 Å². The van der Waals surface area contributed by atoms with Crippen LogP contribution in [0.3, 0.4) is 0 Å². The van der Waals surface area contributed by atoms with Crippen LogP contribution >= 0.6 is 0 Å². The van der Waals surface area contributed by atoms with Crippen LogP contribution in [0.1, 0.15) is 27.7 Å². The van der Waals surface area contributed by atoms with E-state index in [-0.39, 0.29) is 0 Å². The molecular weight excluding hydrogens is 110 g/mol. The number of nitriles is 1. The molecule has 0 aliphatic rings. The summed E-state index contributed by atoms with van der Waals surface area (Å²) in [5.41, 5.74) is 2.04. The third-order valence-electron chi connectivity index (χ3n) is 1.63. The highest BCUT2D eigenvalue weighted by Crippen LogP contribution is 2.12. The largest absolute Gasteiger partial charge is 0.193 e. The molecule has 0 saturated heterocycles. The smallest absolute Gasteiger partial charge is 0.0943 e. The zero-order chi connectivity index (χ0) is 7.44. The van der Waals surface area contributed by atoms with Gasteiger partial charge >= 0.3 is 0 Å². The molecule has 0 atom stereocenters. The zero-order valence-electron chi connectivity index (χ0n) is 6.52. The van der Waals surface area contributed by atoms with Gasteiger partial charge in [-0.2, -0.15) is 5.26 Å². The highest BCUT2D eigenvalue weighted by atomic mass is 14.2. The van der Waals surface area contributed by atoms with Crippen molar-refractivity contribution in [3.63, 3.8) is 0 Å². The molecule has 0 amide bonds. The summed E-state index contributed by atoms with van der Waals surface area (Å²) in [5, 5.41) is 8.45. The van der Waals surface area contributed by atoms with Crippen LogP contribution in [0.5, 0.6) is 0 Å². The topological polar surface area (TPSA) is 23.8 Å². The van der Waals surface area contributed by atoms with E-state index in [0.717, 1.165) is 5.57 Å². The van der Waals surface area contributed by atoms with E-state index in [1.54, 1.807) is 0 Å². The average molecular weight is 123 g/mol. The van der Waals surface area contributed by atoms with Gasteiger partial charge in [-0.15, -0.1) is 0 Å². The number of rotatable bonds is 1. The standard InChI is InChI=1S/C8H13N/c1-6(2)8(4)7(3)5-9/h6H,1-4H3. The van der Waals surface area contributed by atoms with Gasteiger partial charge in [0.05, 0.1) is 6.07 Å². The molecule has 1 heteroatoms. The van der Waals surface area contributed by atoms with Crippen LogP contribution in [0.4, 0.5) is 0 Å². The van der Waals surface area contributed by atoms with Gasteiger partial charge in [0.2, 0.25) is 0 Å². The van der Waals surface area contributed by atoms with Crippen molar-refractivity contribution in [2.24, 2.45) is 5.92 Å². The highest BCUT2D eigenvalue weighted by molar-refractivity contribution is 5.24. The minimum absolute atomic E-state index is 0.504. The van der Waals surface area contributed by atoms with E-state index in [9.17, 15) is 0 Å². The van der Waals surface area contributed by atoms with Gasteiger partial charge in [-0.3, -0.25) is 0 Å². The Balaban J connectivity index is 4.34. The Morgan fingerprint density at radius 1 is 1.33 bits per heavy atom. The number of hydrogen-bond donors (Lipinski definition) is 0. The normalized spacial score (nSPS) is 12.9. The van der Waals surface area contributed by atoms with Crippen LogP contribution in [0.25, 0.3) is 0 Å². The predicted molar refractivity (Wildman–Crippen MR) is 38.8 cm³/mol. The molecule has 0 saturated carbocycles. The molecule has 9 heavy (non-hydrogen) atoms. The van der Waals surface area contributed by atoms with Crippen LogP contribution in [0.2, 0.25) is 0 Å². The second kappa shape index (κ2) is 3.29. The van der Waals surface area contributed by atoms with Crippen LogP contribution in [0.15, 0.2) is 11.1 Å². The Kier molecular flexibility index (Phi) is 3.01. The molecule has 0 unspecified atom stereocenters. The lowest BCUT2D eigenvalue weighted by Crippen LogP contribution is -1.91. The van der Waals surface area contributed by atoms with Gasteiger partial charge in [-0.1, -0.05) is 19.4 Å². The Morgan fingerprint density at radius 2 is 1.78 bits per heavy atom. The van der Waals surface area contributed by atoms with Crippen molar-refractivity contribution in [1.82, 2.24) is 0 Å². The van der Waals surface area contributed by atoms with Crippen molar-refractivity contribution in [1.29, 1.82) is 5.26 Å². The minimum Gasteiger partial charge on any atom is -0.193 e. The number of nitrogens with zero attached hydrogens (tertiary/aromatic N) is 1. The summed E-state index contributed by atoms with van der Waals surface area (Å²) in [6, 6.07) is 2.13. The van der Waals surface area contributed by atoms with Gasteiger partial charge in [0.25, 0.3) is 0 Å². The molecule has 0 heterocycles. The van der Waals surface area contributed by atoms with Gasteiger partial charge in [-0.05, 0) is 19.8 Å². The van der Waals surface area contributed by atoms with Crippen molar-refractivity contribution < 1.29 is 0 Å². The zero-order valence-corrected chi connectivity index (χ0v) is 6.52. The summed E-state index contributed by atoms with van der Waals surface area (Å²) >= 11 is 0. The Labute approximate surface area is 57.0 Å². The van der Waals surface area contributed by atoms with Crippen molar-refractivity contribution in [3.05, 3.63) is 11.1 Å². The summed E-state index contributed by atoms with van der Waals surface area (Å²) in [5.74, 6) is 0.504. The summed E-state index contributed by atoms with van der Waals surface area (Å²) in [4.78, 5) is 0. The molecule has 0 fully saturated rings. The summed E-state index contributed by atoms with van der Waals surface area (Å²) in [6.07, 6.45) is 0. The first-order chi connectivity index (χ1) is 4.09. The molecule has 0 aliphatic heterocycles. The molecule has 1 nitrogen and oxygen atoms in total. The predicted octanol–water partition coefficient (Wildman–Crippen LogP) is 2.50. The average Bonchev–Trinajstić information content (AvgIpc) is 1.84. The van der Waals surface area contributed by atoms with Crippen LogP contribution in [0, 0.1) is 17.2 Å². The van der Waals surface area contributed by atoms with E-state index in [2.05, 4.69) is 19.9 Å². The second-order valence-electron chi connectivity index (χ2n) is 2.57. The van der Waals surface area contributed by atoms with E-state index in [1.807, 2.05) is 13.8 Å². The molecule has 50 valence electrons. The molecule has 0 aromatic heterocycles. The van der Waals surface area contributed by atoms with Crippen molar-refractivity contribution in [3.8, 4) is 6.07 Å². The third-order valence-corrected chi connectivity index (χ3v) is 1.63. The van der Waals surface area contributed by atoms with Crippen molar-refractivity contribution >= 4 is 0 Å². The van der Waals surface area contributed by atoms with Gasteiger partial charge < -0.3 is 0 Å². The first-order valence-corrected chi connectivity index (χ1v) is 3.17. The van der Waals surface area contributed by atoms with E-state index in [0.29, 0.717) is 5.92 Å². The molecule has 0 N–H and O–H groups in total. The fourth-order valence-corrected chi connectivity index (χ4v) is 0.521.